The zero-order chi connectivity index (χ0) is 18.2. The highest BCUT2D eigenvalue weighted by molar-refractivity contribution is 7.08. The quantitative estimate of drug-likeness (QED) is 0.537. The average molecular weight is 374 g/mol. The molecule has 5 rings (SSSR count). The lowest BCUT2D eigenvalue weighted by Gasteiger charge is -2.21. The monoisotopic (exact) mass is 374 g/mol. The van der Waals surface area contributed by atoms with Gasteiger partial charge in [0.25, 0.3) is 0 Å². The minimum atomic E-state index is -0.255. The maximum absolute atomic E-state index is 13.0. The topological polar surface area (TPSA) is 71.6 Å². The van der Waals surface area contributed by atoms with Crippen molar-refractivity contribution in [1.82, 2.24) is 15.0 Å². The van der Waals surface area contributed by atoms with Crippen molar-refractivity contribution in [2.45, 2.75) is 12.5 Å². The molecule has 1 aliphatic rings. The Bertz CT molecular complexity index is 1140. The van der Waals surface area contributed by atoms with Gasteiger partial charge in [0.15, 0.2) is 5.76 Å². The number of aromatic nitrogens is 2. The molecule has 132 valence electrons. The first-order valence-corrected chi connectivity index (χ1v) is 9.42. The first-order chi connectivity index (χ1) is 13.3. The lowest BCUT2D eigenvalue weighted by atomic mass is 9.99. The van der Waals surface area contributed by atoms with E-state index in [1.165, 1.54) is 11.3 Å². The van der Waals surface area contributed by atoms with E-state index in [9.17, 15) is 4.79 Å². The largest absolute Gasteiger partial charge is 0.459 e. The van der Waals surface area contributed by atoms with E-state index in [1.54, 1.807) is 35.9 Å². The van der Waals surface area contributed by atoms with Crippen molar-refractivity contribution in [2.24, 2.45) is 5.10 Å². The van der Waals surface area contributed by atoms with Gasteiger partial charge >= 0.3 is 5.91 Å². The van der Waals surface area contributed by atoms with E-state index in [0.717, 1.165) is 27.9 Å². The number of rotatable bonds is 3. The molecular formula is C20H14N4O2S. The maximum atomic E-state index is 13.0. The van der Waals surface area contributed by atoms with Gasteiger partial charge in [0.1, 0.15) is 0 Å². The van der Waals surface area contributed by atoms with Crippen molar-refractivity contribution in [3.63, 3.8) is 0 Å². The zero-order valence-corrected chi connectivity index (χ0v) is 15.0. The summed E-state index contributed by atoms with van der Waals surface area (Å²) in [5, 5.41) is 10.2. The molecule has 0 spiro atoms. The zero-order valence-electron chi connectivity index (χ0n) is 14.1. The fraction of sp³-hybridized carbons (Fsp3) is 0.100. The number of hydrogen-bond donors (Lipinski definition) is 0. The van der Waals surface area contributed by atoms with Crippen molar-refractivity contribution < 1.29 is 9.21 Å². The van der Waals surface area contributed by atoms with Gasteiger partial charge in [-0.3, -0.25) is 14.8 Å². The maximum Gasteiger partial charge on any atom is 0.310 e. The van der Waals surface area contributed by atoms with Gasteiger partial charge in [-0.15, -0.1) is 0 Å². The molecule has 0 saturated heterocycles. The Morgan fingerprint density at radius 3 is 2.81 bits per heavy atom. The minimum Gasteiger partial charge on any atom is -0.459 e. The van der Waals surface area contributed by atoms with Crippen molar-refractivity contribution >= 4 is 34.0 Å². The summed E-state index contributed by atoms with van der Waals surface area (Å²) < 4.78 is 5.31. The molecule has 0 N–H and O–H groups in total. The summed E-state index contributed by atoms with van der Waals surface area (Å²) in [4.78, 5) is 21.7. The smallest absolute Gasteiger partial charge is 0.310 e. The second-order valence-corrected chi connectivity index (χ2v) is 6.99. The summed E-state index contributed by atoms with van der Waals surface area (Å²) in [6.45, 7) is 0. The number of hydrogen-bond acceptors (Lipinski definition) is 6. The highest BCUT2D eigenvalue weighted by Gasteiger charge is 2.35. The van der Waals surface area contributed by atoms with Gasteiger partial charge in [0.2, 0.25) is 0 Å². The van der Waals surface area contributed by atoms with Crippen LogP contribution in [0.4, 0.5) is 0 Å². The number of nitrogens with zero attached hydrogens (tertiary/aromatic N) is 4. The van der Waals surface area contributed by atoms with Gasteiger partial charge in [-0.25, -0.2) is 5.01 Å². The third-order valence-electron chi connectivity index (χ3n) is 4.58. The van der Waals surface area contributed by atoms with Gasteiger partial charge in [0, 0.05) is 24.4 Å². The average Bonchev–Trinajstić information content (AvgIpc) is 3.48. The number of furan rings is 1. The summed E-state index contributed by atoms with van der Waals surface area (Å²) in [7, 11) is 0. The minimum absolute atomic E-state index is 0.219. The molecule has 4 aromatic rings. The van der Waals surface area contributed by atoms with E-state index < -0.39 is 0 Å². The van der Waals surface area contributed by atoms with E-state index >= 15 is 0 Å². The molecule has 1 atom stereocenters. The lowest BCUT2D eigenvalue weighted by Crippen LogP contribution is -2.26. The Hall–Kier alpha value is -3.32. The van der Waals surface area contributed by atoms with Gasteiger partial charge in [0.05, 0.1) is 29.1 Å². The third kappa shape index (κ3) is 2.82. The summed E-state index contributed by atoms with van der Waals surface area (Å²) in [6.07, 6.45) is 5.46. The molecule has 3 aromatic heterocycles. The summed E-state index contributed by atoms with van der Waals surface area (Å²) in [5.74, 6) is 0.0189. The number of thiophene rings is 1. The molecule has 0 fully saturated rings. The first kappa shape index (κ1) is 15.9. The first-order valence-electron chi connectivity index (χ1n) is 8.47. The molecule has 27 heavy (non-hydrogen) atoms. The van der Waals surface area contributed by atoms with Gasteiger partial charge in [-0.2, -0.15) is 16.4 Å². The Morgan fingerprint density at radius 2 is 2.04 bits per heavy atom. The summed E-state index contributed by atoms with van der Waals surface area (Å²) in [6, 6.07) is 11.0. The van der Waals surface area contributed by atoms with Crippen LogP contribution in [-0.4, -0.2) is 26.6 Å². The SMILES string of the molecule is O=C(c1ccco1)N1N=C(c2ccsc2)CC1c1ccc2nccnc2c1. The molecule has 1 aromatic carbocycles. The Morgan fingerprint density at radius 1 is 1.15 bits per heavy atom. The van der Waals surface area contributed by atoms with Gasteiger partial charge in [-0.1, -0.05) is 6.07 Å². The number of hydrazone groups is 1. The molecular weight excluding hydrogens is 360 g/mol. The lowest BCUT2D eigenvalue weighted by molar-refractivity contribution is 0.0678. The second-order valence-electron chi connectivity index (χ2n) is 6.21. The van der Waals surface area contributed by atoms with Crippen LogP contribution in [0, 0.1) is 0 Å². The predicted molar refractivity (Wildman–Crippen MR) is 103 cm³/mol. The van der Waals surface area contributed by atoms with Gasteiger partial charge < -0.3 is 4.42 Å². The van der Waals surface area contributed by atoms with Crippen molar-refractivity contribution in [2.75, 3.05) is 0 Å². The Labute approximate surface area is 158 Å². The van der Waals surface area contributed by atoms with Gasteiger partial charge in [-0.05, 0) is 46.7 Å². The second kappa shape index (κ2) is 6.44. The number of amides is 1. The van der Waals surface area contributed by atoms with E-state index in [4.69, 9.17) is 4.42 Å². The van der Waals surface area contributed by atoms with Crippen LogP contribution in [0.5, 0.6) is 0 Å². The number of fused-ring (bicyclic) bond motifs is 1. The normalized spacial score (nSPS) is 16.7. The molecule has 7 heteroatoms. The number of carbonyl (C=O) groups is 1. The van der Waals surface area contributed by atoms with Crippen LogP contribution < -0.4 is 0 Å². The molecule has 1 unspecified atom stereocenters. The van der Waals surface area contributed by atoms with Crippen molar-refractivity contribution in [1.29, 1.82) is 0 Å². The molecule has 0 radical (unpaired) electrons. The fourth-order valence-corrected chi connectivity index (χ4v) is 3.93. The van der Waals surface area contributed by atoms with Crippen LogP contribution in [0.2, 0.25) is 0 Å². The van der Waals surface area contributed by atoms with E-state index in [0.29, 0.717) is 6.42 Å². The van der Waals surface area contributed by atoms with Crippen LogP contribution in [0.15, 0.2) is 75.3 Å². The fourth-order valence-electron chi connectivity index (χ4n) is 3.26. The highest BCUT2D eigenvalue weighted by Crippen LogP contribution is 2.35. The summed E-state index contributed by atoms with van der Waals surface area (Å²) in [5.41, 5.74) is 4.52. The van der Waals surface area contributed by atoms with Crippen molar-refractivity contribution in [3.8, 4) is 0 Å². The summed E-state index contributed by atoms with van der Waals surface area (Å²) >= 11 is 1.61. The Balaban J connectivity index is 1.57. The van der Waals surface area contributed by atoms with Crippen LogP contribution >= 0.6 is 11.3 Å². The van der Waals surface area contributed by atoms with Crippen molar-refractivity contribution in [3.05, 3.63) is 82.7 Å². The molecule has 0 aliphatic carbocycles. The van der Waals surface area contributed by atoms with E-state index in [1.807, 2.05) is 35.0 Å². The molecule has 1 aliphatic heterocycles. The molecule has 0 bridgehead atoms. The van der Waals surface area contributed by atoms with Crippen LogP contribution in [0.3, 0.4) is 0 Å². The molecule has 4 heterocycles. The molecule has 1 amide bonds. The number of benzene rings is 1. The predicted octanol–water partition coefficient (Wildman–Crippen LogP) is 4.28. The molecule has 6 nitrogen and oxygen atoms in total. The Kier molecular flexibility index (Phi) is 3.79. The van der Waals surface area contributed by atoms with Crippen LogP contribution in [0.1, 0.15) is 34.1 Å². The highest BCUT2D eigenvalue weighted by atomic mass is 32.1. The molecule has 0 saturated carbocycles. The van der Waals surface area contributed by atoms with E-state index in [2.05, 4.69) is 15.1 Å². The standard InChI is InChI=1S/C20H14N4O2S/c25-20(19-2-1-8-26-19)24-18(11-16(23-24)14-5-9-27-12-14)13-3-4-15-17(10-13)22-7-6-21-15/h1-10,12,18H,11H2. The third-order valence-corrected chi connectivity index (χ3v) is 5.27. The number of carbonyl (C=O) groups excluding carboxylic acids is 1. The van der Waals surface area contributed by atoms with E-state index in [-0.39, 0.29) is 17.7 Å². The van der Waals surface area contributed by atoms with Crippen LogP contribution in [0.25, 0.3) is 11.0 Å². The van der Waals surface area contributed by atoms with Crippen LogP contribution in [-0.2, 0) is 0 Å².